The molecule has 2 unspecified atom stereocenters. The van der Waals surface area contributed by atoms with Crippen LogP contribution in [0.4, 0.5) is 5.69 Å². The molecule has 0 heterocycles. The second-order valence-corrected chi connectivity index (χ2v) is 5.17. The molecule has 0 bridgehead atoms. The van der Waals surface area contributed by atoms with Crippen molar-refractivity contribution in [3.8, 4) is 5.75 Å². The maximum Gasteiger partial charge on any atom is 0.307 e. The molecule has 0 aliphatic heterocycles. The largest absolute Gasteiger partial charge is 0.495 e. The molecule has 1 amide bonds. The summed E-state index contributed by atoms with van der Waals surface area (Å²) in [5.74, 6) is -2.22. The topological polar surface area (TPSA) is 75.6 Å². The standard InChI is InChI=1S/C13H16BrNO4/c1-7(8(2)13(17)18)12(16)15-10-6-9(14)4-5-11(10)19-3/h4-8H,1-3H3,(H,15,16)(H,17,18). The van der Waals surface area contributed by atoms with E-state index in [4.69, 9.17) is 9.84 Å². The second-order valence-electron chi connectivity index (χ2n) is 4.25. The lowest BCUT2D eigenvalue weighted by Gasteiger charge is -2.17. The summed E-state index contributed by atoms with van der Waals surface area (Å²) in [6.07, 6.45) is 0. The molecule has 2 atom stereocenters. The number of carboxylic acid groups (broad SMARTS) is 1. The predicted octanol–water partition coefficient (Wildman–Crippen LogP) is 2.75. The van der Waals surface area contributed by atoms with Gasteiger partial charge in [-0.05, 0) is 18.2 Å². The molecule has 0 aliphatic carbocycles. The minimum Gasteiger partial charge on any atom is -0.495 e. The molecule has 0 spiro atoms. The summed E-state index contributed by atoms with van der Waals surface area (Å²) in [6.45, 7) is 3.09. The number of anilines is 1. The van der Waals surface area contributed by atoms with Crippen LogP contribution < -0.4 is 10.1 Å². The maximum absolute atomic E-state index is 12.0. The Balaban J connectivity index is 2.87. The van der Waals surface area contributed by atoms with Gasteiger partial charge in [-0.15, -0.1) is 0 Å². The van der Waals surface area contributed by atoms with E-state index in [-0.39, 0.29) is 5.91 Å². The Kier molecular flexibility index (Phi) is 5.35. The third-order valence-corrected chi connectivity index (χ3v) is 3.47. The first-order valence-electron chi connectivity index (χ1n) is 5.74. The van der Waals surface area contributed by atoms with Crippen LogP contribution in [0.1, 0.15) is 13.8 Å². The summed E-state index contributed by atoms with van der Waals surface area (Å²) < 4.78 is 5.93. The van der Waals surface area contributed by atoms with Crippen LogP contribution in [0.25, 0.3) is 0 Å². The van der Waals surface area contributed by atoms with Crippen LogP contribution in [0, 0.1) is 11.8 Å². The van der Waals surface area contributed by atoms with Crippen molar-refractivity contribution in [1.82, 2.24) is 0 Å². The quantitative estimate of drug-likeness (QED) is 0.870. The summed E-state index contributed by atoms with van der Waals surface area (Å²) >= 11 is 3.30. The number of halogens is 1. The van der Waals surface area contributed by atoms with Crippen molar-refractivity contribution in [3.05, 3.63) is 22.7 Å². The Hall–Kier alpha value is -1.56. The van der Waals surface area contributed by atoms with Crippen LogP contribution in [0.3, 0.4) is 0 Å². The number of benzene rings is 1. The molecule has 5 nitrogen and oxygen atoms in total. The number of carbonyl (C=O) groups excluding carboxylic acids is 1. The smallest absolute Gasteiger partial charge is 0.307 e. The monoisotopic (exact) mass is 329 g/mol. The Morgan fingerprint density at radius 2 is 1.95 bits per heavy atom. The zero-order valence-corrected chi connectivity index (χ0v) is 12.5. The van der Waals surface area contributed by atoms with E-state index >= 15 is 0 Å². The number of hydrogen-bond acceptors (Lipinski definition) is 3. The summed E-state index contributed by atoms with van der Waals surface area (Å²) in [6, 6.07) is 5.21. The summed E-state index contributed by atoms with van der Waals surface area (Å²) in [5.41, 5.74) is 0.506. The highest BCUT2D eigenvalue weighted by Crippen LogP contribution is 2.28. The van der Waals surface area contributed by atoms with Gasteiger partial charge in [0.1, 0.15) is 5.75 Å². The lowest BCUT2D eigenvalue weighted by Crippen LogP contribution is -2.30. The molecular weight excluding hydrogens is 314 g/mol. The van der Waals surface area contributed by atoms with Gasteiger partial charge in [0.25, 0.3) is 0 Å². The van der Waals surface area contributed by atoms with Gasteiger partial charge in [0.2, 0.25) is 5.91 Å². The van der Waals surface area contributed by atoms with Gasteiger partial charge in [-0.25, -0.2) is 0 Å². The normalized spacial score (nSPS) is 13.5. The highest BCUT2D eigenvalue weighted by molar-refractivity contribution is 9.10. The zero-order valence-electron chi connectivity index (χ0n) is 10.9. The molecule has 1 aromatic rings. The number of methoxy groups -OCH3 is 1. The van der Waals surface area contributed by atoms with Crippen molar-refractivity contribution in [2.45, 2.75) is 13.8 Å². The van der Waals surface area contributed by atoms with Crippen LogP contribution in [-0.4, -0.2) is 24.1 Å². The molecule has 0 radical (unpaired) electrons. The van der Waals surface area contributed by atoms with Crippen molar-refractivity contribution in [1.29, 1.82) is 0 Å². The van der Waals surface area contributed by atoms with Crippen molar-refractivity contribution in [2.75, 3.05) is 12.4 Å². The lowest BCUT2D eigenvalue weighted by atomic mass is 9.95. The van der Waals surface area contributed by atoms with Gasteiger partial charge in [-0.2, -0.15) is 0 Å². The Morgan fingerprint density at radius 1 is 1.32 bits per heavy atom. The van der Waals surface area contributed by atoms with Crippen LogP contribution in [0.2, 0.25) is 0 Å². The van der Waals surface area contributed by atoms with Crippen LogP contribution in [0.15, 0.2) is 22.7 Å². The van der Waals surface area contributed by atoms with Gasteiger partial charge in [0.15, 0.2) is 0 Å². The fourth-order valence-electron chi connectivity index (χ4n) is 1.47. The number of nitrogens with one attached hydrogen (secondary N) is 1. The lowest BCUT2D eigenvalue weighted by molar-refractivity contribution is -0.145. The fourth-order valence-corrected chi connectivity index (χ4v) is 1.83. The summed E-state index contributed by atoms with van der Waals surface area (Å²) in [5, 5.41) is 11.6. The molecule has 1 aromatic carbocycles. The minimum atomic E-state index is -0.996. The average molecular weight is 330 g/mol. The van der Waals surface area contributed by atoms with Crippen LogP contribution in [0.5, 0.6) is 5.75 Å². The Labute approximate surface area is 120 Å². The Bertz CT molecular complexity index is 490. The molecule has 0 aliphatic rings. The Morgan fingerprint density at radius 3 is 2.47 bits per heavy atom. The molecule has 0 saturated heterocycles. The summed E-state index contributed by atoms with van der Waals surface area (Å²) in [7, 11) is 1.50. The number of rotatable bonds is 5. The fraction of sp³-hybridized carbons (Fsp3) is 0.385. The van der Waals surface area contributed by atoms with Crippen LogP contribution >= 0.6 is 15.9 Å². The van der Waals surface area contributed by atoms with E-state index in [9.17, 15) is 9.59 Å². The molecule has 0 aromatic heterocycles. The maximum atomic E-state index is 12.0. The number of aliphatic carboxylic acids is 1. The van der Waals surface area contributed by atoms with E-state index in [1.165, 1.54) is 14.0 Å². The van der Waals surface area contributed by atoms with E-state index < -0.39 is 17.8 Å². The van der Waals surface area contributed by atoms with Gasteiger partial charge < -0.3 is 15.2 Å². The molecule has 2 N–H and O–H groups in total. The highest BCUT2D eigenvalue weighted by Gasteiger charge is 2.26. The molecule has 0 fully saturated rings. The average Bonchev–Trinajstić information content (AvgIpc) is 2.37. The highest BCUT2D eigenvalue weighted by atomic mass is 79.9. The van der Waals surface area contributed by atoms with E-state index in [0.29, 0.717) is 11.4 Å². The van der Waals surface area contributed by atoms with Crippen LogP contribution in [-0.2, 0) is 9.59 Å². The molecule has 6 heteroatoms. The number of amides is 1. The van der Waals surface area contributed by atoms with Gasteiger partial charge in [-0.3, -0.25) is 9.59 Å². The number of carbonyl (C=O) groups is 2. The number of hydrogen-bond donors (Lipinski definition) is 2. The van der Waals surface area contributed by atoms with E-state index in [1.54, 1.807) is 25.1 Å². The third-order valence-electron chi connectivity index (χ3n) is 2.97. The first-order valence-corrected chi connectivity index (χ1v) is 6.53. The first-order chi connectivity index (χ1) is 8.86. The second kappa shape index (κ2) is 6.56. The van der Waals surface area contributed by atoms with Gasteiger partial charge in [0, 0.05) is 10.4 Å². The van der Waals surface area contributed by atoms with E-state index in [0.717, 1.165) is 4.47 Å². The number of carboxylic acids is 1. The third kappa shape index (κ3) is 3.96. The molecular formula is C13H16BrNO4. The van der Waals surface area contributed by atoms with Gasteiger partial charge in [-0.1, -0.05) is 29.8 Å². The van der Waals surface area contributed by atoms with Crippen molar-refractivity contribution in [3.63, 3.8) is 0 Å². The number of ether oxygens (including phenoxy) is 1. The molecule has 1 rings (SSSR count). The molecule has 19 heavy (non-hydrogen) atoms. The predicted molar refractivity (Wildman–Crippen MR) is 75.3 cm³/mol. The molecule has 104 valence electrons. The summed E-state index contributed by atoms with van der Waals surface area (Å²) in [4.78, 5) is 22.9. The van der Waals surface area contributed by atoms with E-state index in [1.807, 2.05) is 0 Å². The van der Waals surface area contributed by atoms with Crippen molar-refractivity contribution in [2.24, 2.45) is 11.8 Å². The van der Waals surface area contributed by atoms with Crippen molar-refractivity contribution >= 4 is 33.5 Å². The van der Waals surface area contributed by atoms with Gasteiger partial charge in [0.05, 0.1) is 18.7 Å². The van der Waals surface area contributed by atoms with Gasteiger partial charge >= 0.3 is 5.97 Å². The van der Waals surface area contributed by atoms with E-state index in [2.05, 4.69) is 21.2 Å². The molecule has 0 saturated carbocycles. The minimum absolute atomic E-state index is 0.355. The zero-order chi connectivity index (χ0) is 14.6. The van der Waals surface area contributed by atoms with Crippen molar-refractivity contribution < 1.29 is 19.4 Å². The SMILES string of the molecule is COc1ccc(Br)cc1NC(=O)C(C)C(C)C(=O)O. The first kappa shape index (κ1) is 15.5.